The first-order chi connectivity index (χ1) is 5.16. The molecule has 2 N–H and O–H groups in total. The molecule has 2 atom stereocenters. The van der Waals surface area contributed by atoms with Crippen LogP contribution in [0.25, 0.3) is 0 Å². The van der Waals surface area contributed by atoms with Gasteiger partial charge in [-0.2, -0.15) is 0 Å². The SMILES string of the molecule is C[C@@H]1CC[C@H](CO)N1C(=O)O. The van der Waals surface area contributed by atoms with Crippen molar-refractivity contribution in [2.75, 3.05) is 6.61 Å². The van der Waals surface area contributed by atoms with Crippen LogP contribution in [0, 0.1) is 0 Å². The fourth-order valence-electron chi connectivity index (χ4n) is 1.60. The van der Waals surface area contributed by atoms with Crippen LogP contribution >= 0.6 is 0 Å². The monoisotopic (exact) mass is 159 g/mol. The van der Waals surface area contributed by atoms with E-state index in [9.17, 15) is 4.79 Å². The summed E-state index contributed by atoms with van der Waals surface area (Å²) in [7, 11) is 0. The van der Waals surface area contributed by atoms with Crippen LogP contribution in [0.1, 0.15) is 19.8 Å². The molecule has 0 spiro atoms. The van der Waals surface area contributed by atoms with Gasteiger partial charge in [-0.15, -0.1) is 0 Å². The Morgan fingerprint density at radius 2 is 2.27 bits per heavy atom. The molecule has 0 aromatic heterocycles. The van der Waals surface area contributed by atoms with Gasteiger partial charge in [0.15, 0.2) is 0 Å². The summed E-state index contributed by atoms with van der Waals surface area (Å²) in [6, 6.07) is -0.118. The minimum absolute atomic E-state index is 0.0589. The molecular formula is C7H13NO3. The Morgan fingerprint density at radius 1 is 1.64 bits per heavy atom. The van der Waals surface area contributed by atoms with Crippen molar-refractivity contribution in [1.29, 1.82) is 0 Å². The molecule has 0 unspecified atom stereocenters. The van der Waals surface area contributed by atoms with Gasteiger partial charge in [-0.3, -0.25) is 0 Å². The molecule has 1 rings (SSSR count). The van der Waals surface area contributed by atoms with E-state index >= 15 is 0 Å². The van der Waals surface area contributed by atoms with Crippen molar-refractivity contribution < 1.29 is 15.0 Å². The molecule has 1 aliphatic heterocycles. The average molecular weight is 159 g/mol. The van der Waals surface area contributed by atoms with E-state index in [0.29, 0.717) is 0 Å². The Kier molecular flexibility index (Phi) is 2.34. The molecule has 64 valence electrons. The van der Waals surface area contributed by atoms with Crippen LogP contribution in [-0.2, 0) is 0 Å². The predicted molar refractivity (Wildman–Crippen MR) is 39.4 cm³/mol. The summed E-state index contributed by atoms with van der Waals surface area (Å²) in [6.45, 7) is 1.81. The predicted octanol–water partition coefficient (Wildman–Crippen LogP) is 0.510. The van der Waals surface area contributed by atoms with Crippen molar-refractivity contribution in [1.82, 2.24) is 4.90 Å². The summed E-state index contributed by atoms with van der Waals surface area (Å²) in [6.07, 6.45) is 0.718. The zero-order valence-electron chi connectivity index (χ0n) is 6.53. The molecule has 11 heavy (non-hydrogen) atoms. The van der Waals surface area contributed by atoms with Crippen molar-refractivity contribution in [2.24, 2.45) is 0 Å². The number of carboxylic acid groups (broad SMARTS) is 1. The zero-order valence-corrected chi connectivity index (χ0v) is 6.53. The highest BCUT2D eigenvalue weighted by molar-refractivity contribution is 5.66. The summed E-state index contributed by atoms with van der Waals surface area (Å²) in [4.78, 5) is 11.9. The summed E-state index contributed by atoms with van der Waals surface area (Å²) in [5.41, 5.74) is 0. The Bertz CT molecular complexity index is 160. The van der Waals surface area contributed by atoms with Crippen LogP contribution in [0.4, 0.5) is 4.79 Å². The lowest BCUT2D eigenvalue weighted by Crippen LogP contribution is -2.40. The minimum atomic E-state index is -0.922. The molecule has 4 heteroatoms. The first kappa shape index (κ1) is 8.33. The van der Waals surface area contributed by atoms with Gasteiger partial charge in [0.2, 0.25) is 0 Å². The molecule has 0 bridgehead atoms. The molecular weight excluding hydrogens is 146 g/mol. The van der Waals surface area contributed by atoms with E-state index in [1.165, 1.54) is 4.90 Å². The fourth-order valence-corrected chi connectivity index (χ4v) is 1.60. The summed E-state index contributed by atoms with van der Waals surface area (Å²) < 4.78 is 0. The van der Waals surface area contributed by atoms with Gasteiger partial charge in [0.1, 0.15) is 0 Å². The number of hydrogen-bond donors (Lipinski definition) is 2. The maximum atomic E-state index is 10.6. The standard InChI is InChI=1S/C7H13NO3/c1-5-2-3-6(4-9)8(5)7(10)11/h5-6,9H,2-4H2,1H3,(H,10,11)/t5-,6-/m1/s1. The highest BCUT2D eigenvalue weighted by Crippen LogP contribution is 2.23. The van der Waals surface area contributed by atoms with Crippen molar-refractivity contribution in [3.05, 3.63) is 0 Å². The van der Waals surface area contributed by atoms with Crippen LogP contribution in [0.15, 0.2) is 0 Å². The van der Waals surface area contributed by atoms with Gasteiger partial charge in [0.05, 0.1) is 12.6 Å². The topological polar surface area (TPSA) is 60.8 Å². The highest BCUT2D eigenvalue weighted by Gasteiger charge is 2.33. The molecule has 1 saturated heterocycles. The molecule has 4 nitrogen and oxygen atoms in total. The molecule has 0 aromatic carbocycles. The third-order valence-electron chi connectivity index (χ3n) is 2.22. The molecule has 0 saturated carbocycles. The van der Waals surface area contributed by atoms with Crippen molar-refractivity contribution >= 4 is 6.09 Å². The number of aliphatic hydroxyl groups is 1. The first-order valence-electron chi connectivity index (χ1n) is 3.79. The van der Waals surface area contributed by atoms with E-state index < -0.39 is 6.09 Å². The Labute approximate surface area is 65.4 Å². The molecule has 0 radical (unpaired) electrons. The largest absolute Gasteiger partial charge is 0.465 e. The lowest BCUT2D eigenvalue weighted by atomic mass is 10.2. The molecule has 0 aliphatic carbocycles. The van der Waals surface area contributed by atoms with Crippen LogP contribution in [0.5, 0.6) is 0 Å². The first-order valence-corrected chi connectivity index (χ1v) is 3.79. The second-order valence-electron chi connectivity index (χ2n) is 2.95. The van der Waals surface area contributed by atoms with Crippen molar-refractivity contribution in [2.45, 2.75) is 31.8 Å². The maximum absolute atomic E-state index is 10.6. The van der Waals surface area contributed by atoms with Crippen LogP contribution in [-0.4, -0.2) is 39.9 Å². The lowest BCUT2D eigenvalue weighted by molar-refractivity contribution is 0.103. The van der Waals surface area contributed by atoms with E-state index in [2.05, 4.69) is 0 Å². The Balaban J connectivity index is 2.63. The number of rotatable bonds is 1. The molecule has 1 heterocycles. The van der Waals surface area contributed by atoms with Crippen molar-refractivity contribution in [3.8, 4) is 0 Å². The molecule has 0 aromatic rings. The second-order valence-corrected chi connectivity index (χ2v) is 2.95. The summed E-state index contributed by atoms with van der Waals surface area (Å²) in [5, 5.41) is 17.5. The maximum Gasteiger partial charge on any atom is 0.407 e. The third kappa shape index (κ3) is 1.45. The van der Waals surface area contributed by atoms with Crippen LogP contribution < -0.4 is 0 Å². The third-order valence-corrected chi connectivity index (χ3v) is 2.22. The zero-order chi connectivity index (χ0) is 8.43. The van der Waals surface area contributed by atoms with Gasteiger partial charge in [-0.1, -0.05) is 0 Å². The highest BCUT2D eigenvalue weighted by atomic mass is 16.4. The van der Waals surface area contributed by atoms with Crippen LogP contribution in [0.3, 0.4) is 0 Å². The number of amides is 1. The quantitative estimate of drug-likeness (QED) is 0.586. The van der Waals surface area contributed by atoms with E-state index in [1.54, 1.807) is 0 Å². The van der Waals surface area contributed by atoms with Crippen molar-refractivity contribution in [3.63, 3.8) is 0 Å². The normalized spacial score (nSPS) is 30.9. The van der Waals surface area contributed by atoms with E-state index in [-0.39, 0.29) is 18.7 Å². The van der Waals surface area contributed by atoms with E-state index in [0.717, 1.165) is 12.8 Å². The Hall–Kier alpha value is -0.770. The van der Waals surface area contributed by atoms with E-state index in [4.69, 9.17) is 10.2 Å². The van der Waals surface area contributed by atoms with Gasteiger partial charge in [0.25, 0.3) is 0 Å². The Morgan fingerprint density at radius 3 is 2.64 bits per heavy atom. The minimum Gasteiger partial charge on any atom is -0.465 e. The van der Waals surface area contributed by atoms with Gasteiger partial charge < -0.3 is 15.1 Å². The van der Waals surface area contributed by atoms with Gasteiger partial charge in [0, 0.05) is 6.04 Å². The molecule has 1 fully saturated rings. The molecule has 1 aliphatic rings. The van der Waals surface area contributed by atoms with E-state index in [1.807, 2.05) is 6.92 Å². The lowest BCUT2D eigenvalue weighted by Gasteiger charge is -2.23. The number of likely N-dealkylation sites (tertiary alicyclic amines) is 1. The van der Waals surface area contributed by atoms with Gasteiger partial charge in [-0.25, -0.2) is 4.79 Å². The smallest absolute Gasteiger partial charge is 0.407 e. The fraction of sp³-hybridized carbons (Fsp3) is 0.857. The summed E-state index contributed by atoms with van der Waals surface area (Å²) >= 11 is 0. The average Bonchev–Trinajstić information content (AvgIpc) is 2.30. The van der Waals surface area contributed by atoms with Gasteiger partial charge >= 0.3 is 6.09 Å². The number of nitrogens with zero attached hydrogens (tertiary/aromatic N) is 1. The second kappa shape index (κ2) is 3.09. The molecule has 1 amide bonds. The number of aliphatic hydroxyl groups excluding tert-OH is 1. The van der Waals surface area contributed by atoms with Crippen LogP contribution in [0.2, 0.25) is 0 Å². The number of carbonyl (C=O) groups is 1. The number of hydrogen-bond acceptors (Lipinski definition) is 2. The summed E-state index contributed by atoms with van der Waals surface area (Å²) in [5.74, 6) is 0. The van der Waals surface area contributed by atoms with Gasteiger partial charge in [-0.05, 0) is 19.8 Å².